The van der Waals surface area contributed by atoms with Crippen molar-refractivity contribution in [3.8, 4) is 0 Å². The smallest absolute Gasteiger partial charge is 0.324 e. The number of benzene rings is 2. The molecule has 2 atom stereocenters. The Bertz CT molecular complexity index is 1130. The van der Waals surface area contributed by atoms with Gasteiger partial charge in [0.1, 0.15) is 6.54 Å². The Hall–Kier alpha value is -3.76. The second-order valence-electron chi connectivity index (χ2n) is 8.08. The summed E-state index contributed by atoms with van der Waals surface area (Å²) < 4.78 is 38.6. The zero-order valence-corrected chi connectivity index (χ0v) is 17.7. The zero-order chi connectivity index (χ0) is 23.9. The van der Waals surface area contributed by atoms with E-state index in [1.165, 1.54) is 12.1 Å². The maximum Gasteiger partial charge on any atom is 0.416 e. The minimum Gasteiger partial charge on any atom is -0.324 e. The van der Waals surface area contributed by atoms with Gasteiger partial charge in [-0.15, -0.1) is 0 Å². The lowest BCUT2D eigenvalue weighted by molar-refractivity contribution is -0.137. The van der Waals surface area contributed by atoms with E-state index < -0.39 is 48.1 Å². The topological polar surface area (TPSA) is 94.4 Å². The van der Waals surface area contributed by atoms with Crippen LogP contribution < -0.4 is 10.2 Å². The number of carbonyl (C=O) groups is 3. The van der Waals surface area contributed by atoms with Gasteiger partial charge in [0.05, 0.1) is 11.3 Å². The first-order valence-electron chi connectivity index (χ1n) is 10.2. The lowest BCUT2D eigenvalue weighted by Crippen LogP contribution is -2.43. The summed E-state index contributed by atoms with van der Waals surface area (Å²) in [5.74, 6) is -1.54. The molecule has 0 aromatic heterocycles. The van der Waals surface area contributed by atoms with Crippen molar-refractivity contribution < 1.29 is 27.6 Å². The number of carbonyl (C=O) groups excluding carboxylic acids is 3. The number of hydrogen-bond donors (Lipinski definition) is 1. The van der Waals surface area contributed by atoms with Crippen LogP contribution in [0.2, 0.25) is 0 Å². The molecule has 0 radical (unpaired) electrons. The molecule has 0 unspecified atom stereocenters. The normalized spacial score (nSPS) is 20.1. The third kappa shape index (κ3) is 4.30. The summed E-state index contributed by atoms with van der Waals surface area (Å²) in [5, 5.41) is 11.1. The Morgan fingerprint density at radius 2 is 1.79 bits per heavy atom. The van der Waals surface area contributed by atoms with Crippen molar-refractivity contribution in [2.45, 2.75) is 38.0 Å². The first-order valence-corrected chi connectivity index (χ1v) is 10.2. The SMILES string of the molecule is CC(C)c1ccc(N2C(=O)[C@@H]3N=NN(CC(=O)Nc4cccc(C(F)(F)F)c4)[C@H]3C2=O)cc1. The maximum atomic E-state index is 13.0. The van der Waals surface area contributed by atoms with E-state index in [-0.39, 0.29) is 11.6 Å². The molecule has 2 aliphatic heterocycles. The molecule has 4 rings (SSSR count). The second-order valence-corrected chi connectivity index (χ2v) is 8.08. The average Bonchev–Trinajstić information content (AvgIpc) is 3.27. The van der Waals surface area contributed by atoms with Gasteiger partial charge in [-0.25, -0.2) is 4.90 Å². The zero-order valence-electron chi connectivity index (χ0n) is 17.7. The van der Waals surface area contributed by atoms with Crippen LogP contribution in [0.15, 0.2) is 58.9 Å². The van der Waals surface area contributed by atoms with Crippen LogP contribution in [0.1, 0.15) is 30.9 Å². The number of hydrogen-bond acceptors (Lipinski definition) is 6. The first-order chi connectivity index (χ1) is 15.6. The molecule has 11 heteroatoms. The summed E-state index contributed by atoms with van der Waals surface area (Å²) in [4.78, 5) is 39.2. The van der Waals surface area contributed by atoms with Gasteiger partial charge in [0, 0.05) is 5.69 Å². The summed E-state index contributed by atoms with van der Waals surface area (Å²) in [6.07, 6.45) is -4.55. The van der Waals surface area contributed by atoms with Crippen LogP contribution in [-0.2, 0) is 20.6 Å². The Morgan fingerprint density at radius 3 is 2.42 bits per heavy atom. The molecule has 0 bridgehead atoms. The fourth-order valence-electron chi connectivity index (χ4n) is 3.74. The summed E-state index contributed by atoms with van der Waals surface area (Å²) in [5.41, 5.74) is 0.484. The monoisotopic (exact) mass is 459 g/mol. The molecule has 2 aliphatic rings. The van der Waals surface area contributed by atoms with Gasteiger partial charge in [-0.2, -0.15) is 18.3 Å². The van der Waals surface area contributed by atoms with Gasteiger partial charge in [-0.1, -0.05) is 37.3 Å². The molecule has 172 valence electrons. The van der Waals surface area contributed by atoms with E-state index in [9.17, 15) is 27.6 Å². The Kier molecular flexibility index (Phi) is 5.64. The average molecular weight is 459 g/mol. The van der Waals surface area contributed by atoms with Crippen molar-refractivity contribution in [3.05, 3.63) is 59.7 Å². The molecule has 0 saturated carbocycles. The fourth-order valence-corrected chi connectivity index (χ4v) is 3.74. The van der Waals surface area contributed by atoms with Crippen molar-refractivity contribution in [1.29, 1.82) is 0 Å². The highest BCUT2D eigenvalue weighted by Gasteiger charge is 2.55. The minimum absolute atomic E-state index is 0.0526. The quantitative estimate of drug-likeness (QED) is 0.689. The third-order valence-electron chi connectivity index (χ3n) is 5.46. The molecule has 3 amide bonds. The highest BCUT2D eigenvalue weighted by molar-refractivity contribution is 6.25. The van der Waals surface area contributed by atoms with Crippen LogP contribution in [-0.4, -0.2) is 41.4 Å². The number of nitrogens with one attached hydrogen (secondary N) is 1. The molecule has 1 saturated heterocycles. The lowest BCUT2D eigenvalue weighted by atomic mass is 10.0. The van der Waals surface area contributed by atoms with Crippen LogP contribution in [0.25, 0.3) is 0 Å². The van der Waals surface area contributed by atoms with Crippen molar-refractivity contribution in [1.82, 2.24) is 5.01 Å². The molecule has 2 aromatic carbocycles. The third-order valence-corrected chi connectivity index (χ3v) is 5.46. The van der Waals surface area contributed by atoms with Gasteiger partial charge in [-0.3, -0.25) is 19.4 Å². The minimum atomic E-state index is -4.55. The van der Waals surface area contributed by atoms with E-state index in [2.05, 4.69) is 15.7 Å². The predicted octanol–water partition coefficient (Wildman–Crippen LogP) is 3.76. The molecule has 2 heterocycles. The van der Waals surface area contributed by atoms with Crippen LogP contribution in [0.3, 0.4) is 0 Å². The molecule has 2 aromatic rings. The fraction of sp³-hybridized carbons (Fsp3) is 0.318. The molecule has 0 spiro atoms. The Labute approximate surface area is 187 Å². The van der Waals surface area contributed by atoms with Crippen molar-refractivity contribution in [2.24, 2.45) is 10.3 Å². The van der Waals surface area contributed by atoms with Gasteiger partial charge in [0.25, 0.3) is 11.8 Å². The van der Waals surface area contributed by atoms with Crippen LogP contribution in [0.5, 0.6) is 0 Å². The van der Waals surface area contributed by atoms with Crippen molar-refractivity contribution >= 4 is 29.1 Å². The molecule has 1 N–H and O–H groups in total. The van der Waals surface area contributed by atoms with Gasteiger partial charge < -0.3 is 5.32 Å². The largest absolute Gasteiger partial charge is 0.416 e. The Morgan fingerprint density at radius 1 is 1.09 bits per heavy atom. The Balaban J connectivity index is 1.46. The van der Waals surface area contributed by atoms with Gasteiger partial charge in [0.2, 0.25) is 5.91 Å². The summed E-state index contributed by atoms with van der Waals surface area (Å²) in [6.45, 7) is 3.59. The molecule has 1 fully saturated rings. The molecular weight excluding hydrogens is 439 g/mol. The number of amides is 3. The maximum absolute atomic E-state index is 13.0. The van der Waals surface area contributed by atoms with Crippen LogP contribution in [0, 0.1) is 0 Å². The van der Waals surface area contributed by atoms with Gasteiger partial charge in [-0.05, 0) is 41.8 Å². The molecule has 8 nitrogen and oxygen atoms in total. The predicted molar refractivity (Wildman–Crippen MR) is 112 cm³/mol. The summed E-state index contributed by atoms with van der Waals surface area (Å²) in [6, 6.07) is 9.02. The lowest BCUT2D eigenvalue weighted by Gasteiger charge is -2.20. The number of fused-ring (bicyclic) bond motifs is 1. The molecule has 0 aliphatic carbocycles. The van der Waals surface area contributed by atoms with E-state index in [1.807, 2.05) is 26.0 Å². The second kappa shape index (κ2) is 8.30. The molecular formula is C22H20F3N5O3. The van der Waals surface area contributed by atoms with Gasteiger partial charge >= 0.3 is 6.18 Å². The number of rotatable bonds is 5. The number of alkyl halides is 3. The van der Waals surface area contributed by atoms with Gasteiger partial charge in [0.15, 0.2) is 12.1 Å². The van der Waals surface area contributed by atoms with Crippen LogP contribution >= 0.6 is 0 Å². The number of anilines is 2. The van der Waals surface area contributed by atoms with Crippen LogP contribution in [0.4, 0.5) is 24.5 Å². The number of imide groups is 1. The highest BCUT2D eigenvalue weighted by Crippen LogP contribution is 2.33. The van der Waals surface area contributed by atoms with E-state index in [4.69, 9.17) is 0 Å². The summed E-state index contributed by atoms with van der Waals surface area (Å²) >= 11 is 0. The van der Waals surface area contributed by atoms with E-state index >= 15 is 0 Å². The van der Waals surface area contributed by atoms with Crippen molar-refractivity contribution in [3.63, 3.8) is 0 Å². The van der Waals surface area contributed by atoms with E-state index in [1.54, 1.807) is 12.1 Å². The van der Waals surface area contributed by atoms with E-state index in [0.717, 1.165) is 27.6 Å². The number of nitrogens with zero attached hydrogens (tertiary/aromatic N) is 4. The number of halogens is 3. The standard InChI is InChI=1S/C22H20F3N5O3/c1-12(2)13-6-8-16(9-7-13)30-20(32)18-19(21(30)33)29(28-27-18)11-17(31)26-15-5-3-4-14(10-15)22(23,24)25/h3-10,12,18-19H,11H2,1-2H3,(H,26,31)/t18-,19-/m1/s1. The van der Waals surface area contributed by atoms with E-state index in [0.29, 0.717) is 5.69 Å². The first kappa shape index (κ1) is 22.4. The highest BCUT2D eigenvalue weighted by atomic mass is 19.4. The van der Waals surface area contributed by atoms with Crippen molar-refractivity contribution in [2.75, 3.05) is 16.8 Å². The summed E-state index contributed by atoms with van der Waals surface area (Å²) in [7, 11) is 0. The molecule has 33 heavy (non-hydrogen) atoms.